The Morgan fingerprint density at radius 1 is 1.07 bits per heavy atom. The van der Waals surface area contributed by atoms with Crippen molar-refractivity contribution in [1.82, 2.24) is 9.78 Å². The van der Waals surface area contributed by atoms with Gasteiger partial charge in [-0.2, -0.15) is 5.10 Å². The van der Waals surface area contributed by atoms with Gasteiger partial charge in [-0.05, 0) is 36.2 Å². The molecular formula is C21H24N4O2. The van der Waals surface area contributed by atoms with E-state index in [2.05, 4.69) is 10.4 Å². The first-order chi connectivity index (χ1) is 12.9. The first kappa shape index (κ1) is 18.6. The number of amides is 1. The molecule has 6 nitrogen and oxygen atoms in total. The molecule has 0 atom stereocenters. The summed E-state index contributed by atoms with van der Waals surface area (Å²) < 4.78 is 1.39. The van der Waals surface area contributed by atoms with E-state index in [1.165, 1.54) is 4.68 Å². The predicted octanol–water partition coefficient (Wildman–Crippen LogP) is 3.37. The van der Waals surface area contributed by atoms with Gasteiger partial charge in [-0.3, -0.25) is 9.59 Å². The second kappa shape index (κ2) is 7.61. The van der Waals surface area contributed by atoms with E-state index in [-0.39, 0.29) is 23.1 Å². The molecule has 1 heterocycles. The minimum Gasteiger partial charge on any atom is -0.378 e. The topological polar surface area (TPSA) is 67.2 Å². The third-order valence-corrected chi connectivity index (χ3v) is 4.26. The molecule has 1 aromatic heterocycles. The highest BCUT2D eigenvalue weighted by molar-refractivity contribution is 6.11. The number of nitrogens with one attached hydrogen (secondary N) is 1. The van der Waals surface area contributed by atoms with Crippen LogP contribution in [-0.4, -0.2) is 29.8 Å². The van der Waals surface area contributed by atoms with Crippen molar-refractivity contribution in [1.29, 1.82) is 0 Å². The molecule has 27 heavy (non-hydrogen) atoms. The number of hydrogen-bond acceptors (Lipinski definition) is 4. The molecule has 0 unspecified atom stereocenters. The van der Waals surface area contributed by atoms with Crippen LogP contribution in [0.4, 0.5) is 11.4 Å². The maximum Gasteiger partial charge on any atom is 0.276 e. The van der Waals surface area contributed by atoms with Crippen molar-refractivity contribution in [2.45, 2.75) is 20.4 Å². The maximum atomic E-state index is 12.9. The number of hydrogen-bond donors (Lipinski definition) is 1. The van der Waals surface area contributed by atoms with Gasteiger partial charge in [-0.15, -0.1) is 0 Å². The van der Waals surface area contributed by atoms with Crippen molar-refractivity contribution in [3.05, 3.63) is 64.6 Å². The Labute approximate surface area is 158 Å². The fourth-order valence-electron chi connectivity index (χ4n) is 2.91. The van der Waals surface area contributed by atoms with Crippen LogP contribution in [0.5, 0.6) is 0 Å². The van der Waals surface area contributed by atoms with E-state index in [1.54, 1.807) is 24.3 Å². The van der Waals surface area contributed by atoms with Crippen LogP contribution in [0.15, 0.2) is 53.3 Å². The molecule has 0 saturated carbocycles. The van der Waals surface area contributed by atoms with E-state index >= 15 is 0 Å². The molecule has 0 radical (unpaired) electrons. The molecule has 0 aliphatic carbocycles. The Morgan fingerprint density at radius 2 is 1.70 bits per heavy atom. The van der Waals surface area contributed by atoms with E-state index < -0.39 is 0 Å². The number of fused-ring (bicyclic) bond motifs is 1. The van der Waals surface area contributed by atoms with Crippen LogP contribution in [0.25, 0.3) is 10.8 Å². The molecule has 0 fully saturated rings. The van der Waals surface area contributed by atoms with Gasteiger partial charge in [-0.25, -0.2) is 4.68 Å². The quantitative estimate of drug-likeness (QED) is 0.754. The molecule has 1 N–H and O–H groups in total. The van der Waals surface area contributed by atoms with E-state index in [1.807, 2.05) is 57.1 Å². The minimum atomic E-state index is -0.332. The number of aromatic nitrogens is 2. The van der Waals surface area contributed by atoms with Crippen molar-refractivity contribution in [2.75, 3.05) is 24.3 Å². The van der Waals surface area contributed by atoms with Gasteiger partial charge in [0.05, 0.1) is 5.39 Å². The van der Waals surface area contributed by atoms with Crippen molar-refractivity contribution >= 4 is 28.1 Å². The van der Waals surface area contributed by atoms with Gasteiger partial charge in [-0.1, -0.05) is 32.0 Å². The largest absolute Gasteiger partial charge is 0.378 e. The molecule has 0 saturated heterocycles. The SMILES string of the molecule is CC(C)Cn1nc(C(=O)Nc2ccc(N(C)C)cc2)c2ccccc2c1=O. The van der Waals surface area contributed by atoms with Crippen LogP contribution in [0.2, 0.25) is 0 Å². The number of carbonyl (C=O) groups excluding carboxylic acids is 1. The summed E-state index contributed by atoms with van der Waals surface area (Å²) in [5.74, 6) is -0.0906. The smallest absolute Gasteiger partial charge is 0.276 e. The molecule has 0 spiro atoms. The number of nitrogens with zero attached hydrogens (tertiary/aromatic N) is 3. The van der Waals surface area contributed by atoms with E-state index in [0.717, 1.165) is 5.69 Å². The summed E-state index contributed by atoms with van der Waals surface area (Å²) in [6.45, 7) is 4.48. The third kappa shape index (κ3) is 4.00. The summed E-state index contributed by atoms with van der Waals surface area (Å²) >= 11 is 0. The molecular weight excluding hydrogens is 340 g/mol. The number of benzene rings is 2. The van der Waals surface area contributed by atoms with Crippen LogP contribution in [0, 0.1) is 5.92 Å². The van der Waals surface area contributed by atoms with E-state index in [0.29, 0.717) is 23.0 Å². The van der Waals surface area contributed by atoms with Gasteiger partial charge in [0, 0.05) is 37.4 Å². The van der Waals surface area contributed by atoms with Crippen molar-refractivity contribution < 1.29 is 4.79 Å². The van der Waals surface area contributed by atoms with Crippen LogP contribution in [0.3, 0.4) is 0 Å². The second-order valence-corrected chi connectivity index (χ2v) is 7.17. The lowest BCUT2D eigenvalue weighted by molar-refractivity contribution is 0.102. The Morgan fingerprint density at radius 3 is 2.30 bits per heavy atom. The molecule has 3 aromatic rings. The second-order valence-electron chi connectivity index (χ2n) is 7.17. The van der Waals surface area contributed by atoms with Gasteiger partial charge in [0.2, 0.25) is 0 Å². The van der Waals surface area contributed by atoms with Crippen molar-refractivity contribution in [2.24, 2.45) is 5.92 Å². The lowest BCUT2D eigenvalue weighted by Gasteiger charge is -2.14. The molecule has 6 heteroatoms. The highest BCUT2D eigenvalue weighted by atomic mass is 16.2. The first-order valence-corrected chi connectivity index (χ1v) is 8.95. The highest BCUT2D eigenvalue weighted by Gasteiger charge is 2.17. The molecule has 3 rings (SSSR count). The summed E-state index contributed by atoms with van der Waals surface area (Å²) in [5, 5.41) is 8.31. The summed E-state index contributed by atoms with van der Waals surface area (Å²) in [6.07, 6.45) is 0. The van der Waals surface area contributed by atoms with Gasteiger partial charge in [0.15, 0.2) is 5.69 Å². The highest BCUT2D eigenvalue weighted by Crippen LogP contribution is 2.18. The summed E-state index contributed by atoms with van der Waals surface area (Å²) in [7, 11) is 3.92. The summed E-state index contributed by atoms with van der Waals surface area (Å²) in [5.41, 5.74) is 1.80. The lowest BCUT2D eigenvalue weighted by Crippen LogP contribution is -2.29. The average Bonchev–Trinajstić information content (AvgIpc) is 2.64. The Hall–Kier alpha value is -3.15. The monoisotopic (exact) mass is 364 g/mol. The Balaban J connectivity index is 2.00. The van der Waals surface area contributed by atoms with Crippen molar-refractivity contribution in [3.63, 3.8) is 0 Å². The molecule has 140 valence electrons. The van der Waals surface area contributed by atoms with Gasteiger partial charge < -0.3 is 10.2 Å². The van der Waals surface area contributed by atoms with E-state index in [4.69, 9.17) is 0 Å². The zero-order chi connectivity index (χ0) is 19.6. The summed E-state index contributed by atoms with van der Waals surface area (Å²) in [4.78, 5) is 27.5. The first-order valence-electron chi connectivity index (χ1n) is 8.95. The van der Waals surface area contributed by atoms with Gasteiger partial charge in [0.25, 0.3) is 11.5 Å². The Kier molecular flexibility index (Phi) is 5.26. The summed E-state index contributed by atoms with van der Waals surface area (Å²) in [6, 6.07) is 14.6. The van der Waals surface area contributed by atoms with Crippen LogP contribution >= 0.6 is 0 Å². The van der Waals surface area contributed by atoms with Crippen LogP contribution in [0.1, 0.15) is 24.3 Å². The van der Waals surface area contributed by atoms with Crippen LogP contribution in [-0.2, 0) is 6.54 Å². The molecule has 0 aliphatic heterocycles. The van der Waals surface area contributed by atoms with Crippen LogP contribution < -0.4 is 15.8 Å². The normalized spacial score (nSPS) is 11.0. The van der Waals surface area contributed by atoms with E-state index in [9.17, 15) is 9.59 Å². The number of rotatable bonds is 5. The predicted molar refractivity (Wildman–Crippen MR) is 110 cm³/mol. The number of anilines is 2. The molecule has 0 aliphatic rings. The molecule has 1 amide bonds. The maximum absolute atomic E-state index is 12.9. The fraction of sp³-hybridized carbons (Fsp3) is 0.286. The molecule has 2 aromatic carbocycles. The molecule has 0 bridgehead atoms. The third-order valence-electron chi connectivity index (χ3n) is 4.26. The fourth-order valence-corrected chi connectivity index (χ4v) is 2.91. The van der Waals surface area contributed by atoms with Crippen molar-refractivity contribution in [3.8, 4) is 0 Å². The van der Waals surface area contributed by atoms with Gasteiger partial charge >= 0.3 is 0 Å². The van der Waals surface area contributed by atoms with Gasteiger partial charge in [0.1, 0.15) is 0 Å². The Bertz CT molecular complexity index is 1020. The zero-order valence-corrected chi connectivity index (χ0v) is 16.1. The lowest BCUT2D eigenvalue weighted by atomic mass is 10.1. The standard InChI is InChI=1S/C21H24N4O2/c1-14(2)13-25-21(27)18-8-6-5-7-17(18)19(23-25)20(26)22-15-9-11-16(12-10-15)24(3)4/h5-12,14H,13H2,1-4H3,(H,22,26). The zero-order valence-electron chi connectivity index (χ0n) is 16.1. The minimum absolute atomic E-state index is 0.175. The number of carbonyl (C=O) groups is 1. The average molecular weight is 364 g/mol.